The number of halogens is 2. The van der Waals surface area contributed by atoms with Crippen LogP contribution in [-0.2, 0) is 0 Å². The lowest BCUT2D eigenvalue weighted by atomic mass is 9.76. The zero-order valence-corrected chi connectivity index (χ0v) is 16.4. The molecule has 1 atom stereocenters. The van der Waals surface area contributed by atoms with Gasteiger partial charge in [0.15, 0.2) is 0 Å². The van der Waals surface area contributed by atoms with Crippen molar-refractivity contribution in [3.63, 3.8) is 0 Å². The molecule has 2 aromatic heterocycles. The predicted molar refractivity (Wildman–Crippen MR) is 110 cm³/mol. The first kappa shape index (κ1) is 19.7. The first-order valence-electron chi connectivity index (χ1n) is 9.59. The number of nitrogens with zero attached hydrogens (tertiary/aromatic N) is 2. The Bertz CT molecular complexity index is 1030. The third kappa shape index (κ3) is 3.95. The molecule has 0 saturated heterocycles. The van der Waals surface area contributed by atoms with E-state index in [2.05, 4.69) is 15.3 Å². The number of hydrogen-bond donors (Lipinski definition) is 2. The fourth-order valence-electron chi connectivity index (χ4n) is 3.99. The number of carbonyl (C=O) groups excluding carboxylic acids is 1. The molecule has 0 radical (unpaired) electrons. The molecule has 2 heterocycles. The zero-order valence-electron chi connectivity index (χ0n) is 15.7. The molecule has 4 rings (SSSR count). The van der Waals surface area contributed by atoms with Crippen molar-refractivity contribution in [1.29, 1.82) is 0 Å². The Labute approximate surface area is 172 Å². The third-order valence-corrected chi connectivity index (χ3v) is 5.90. The molecule has 1 aromatic carbocycles. The molecular weight excluding hydrogens is 393 g/mol. The van der Waals surface area contributed by atoms with Crippen molar-refractivity contribution in [3.05, 3.63) is 71.3 Å². The van der Waals surface area contributed by atoms with Crippen molar-refractivity contribution in [2.75, 3.05) is 0 Å². The fourth-order valence-corrected chi connectivity index (χ4v) is 4.21. The van der Waals surface area contributed by atoms with Crippen molar-refractivity contribution in [2.45, 2.75) is 43.5 Å². The first-order valence-corrected chi connectivity index (χ1v) is 9.97. The minimum absolute atomic E-state index is 0.194. The van der Waals surface area contributed by atoms with E-state index in [1.165, 1.54) is 0 Å². The number of benzene rings is 1. The van der Waals surface area contributed by atoms with Gasteiger partial charge in [0.25, 0.3) is 5.91 Å². The van der Waals surface area contributed by atoms with Crippen LogP contribution in [0.15, 0.2) is 54.9 Å². The number of alkyl halides is 1. The molecule has 1 saturated carbocycles. The van der Waals surface area contributed by atoms with Gasteiger partial charge in [-0.05, 0) is 43.2 Å². The zero-order chi connectivity index (χ0) is 20.4. The second kappa shape index (κ2) is 8.05. The van der Waals surface area contributed by atoms with Gasteiger partial charge < -0.3 is 10.4 Å². The number of fused-ring (bicyclic) bond motifs is 1. The van der Waals surface area contributed by atoms with Crippen molar-refractivity contribution >= 4 is 28.3 Å². The molecule has 0 aliphatic heterocycles. The molecule has 1 aliphatic rings. The second-order valence-corrected chi connectivity index (χ2v) is 7.81. The van der Waals surface area contributed by atoms with Crippen LogP contribution in [0.1, 0.15) is 47.8 Å². The first-order chi connectivity index (χ1) is 14.0. The topological polar surface area (TPSA) is 75.1 Å². The van der Waals surface area contributed by atoms with Gasteiger partial charge in [0.2, 0.25) is 0 Å². The molecule has 1 aliphatic carbocycles. The lowest BCUT2D eigenvalue weighted by molar-refractivity contribution is -0.0446. The standard InChI is InChI=1S/C22H21ClFN3O2/c23-20-17(6-3-12-26-20)19(22(29)10-7-15(24)8-11-22)27-21(28)18-16-5-2-1-4-14(16)9-13-25-18/h1-6,9,12-13,15,19,29H,7-8,10-11H2,(H,27,28)/t15-,19?,22-. The van der Waals surface area contributed by atoms with Gasteiger partial charge in [0.1, 0.15) is 17.0 Å². The van der Waals surface area contributed by atoms with Gasteiger partial charge in [-0.1, -0.05) is 41.9 Å². The second-order valence-electron chi connectivity index (χ2n) is 7.45. The van der Waals surface area contributed by atoms with Crippen LogP contribution in [0.5, 0.6) is 0 Å². The Morgan fingerprint density at radius 1 is 1.14 bits per heavy atom. The molecule has 7 heteroatoms. The summed E-state index contributed by atoms with van der Waals surface area (Å²) in [6.45, 7) is 0. The van der Waals surface area contributed by atoms with E-state index in [4.69, 9.17) is 11.6 Å². The van der Waals surface area contributed by atoms with E-state index in [1.54, 1.807) is 24.5 Å². The van der Waals surface area contributed by atoms with Crippen molar-refractivity contribution in [3.8, 4) is 0 Å². The molecule has 29 heavy (non-hydrogen) atoms. The molecule has 1 unspecified atom stereocenters. The minimum Gasteiger partial charge on any atom is -0.387 e. The van der Waals surface area contributed by atoms with Crippen molar-refractivity contribution in [1.82, 2.24) is 15.3 Å². The average molecular weight is 414 g/mol. The summed E-state index contributed by atoms with van der Waals surface area (Å²) in [6.07, 6.45) is 3.06. The van der Waals surface area contributed by atoms with Crippen molar-refractivity contribution < 1.29 is 14.3 Å². The number of nitrogens with one attached hydrogen (secondary N) is 1. The highest BCUT2D eigenvalue weighted by Gasteiger charge is 2.43. The smallest absolute Gasteiger partial charge is 0.271 e. The molecule has 5 nitrogen and oxygen atoms in total. The molecule has 2 N–H and O–H groups in total. The van der Waals surface area contributed by atoms with Crippen LogP contribution in [0, 0.1) is 0 Å². The monoisotopic (exact) mass is 413 g/mol. The highest BCUT2D eigenvalue weighted by Crippen LogP contribution is 2.41. The number of hydrogen-bond acceptors (Lipinski definition) is 4. The fraction of sp³-hybridized carbons (Fsp3) is 0.318. The summed E-state index contributed by atoms with van der Waals surface area (Å²) in [5.74, 6) is -0.428. The summed E-state index contributed by atoms with van der Waals surface area (Å²) in [5, 5.41) is 16.1. The molecule has 1 amide bonds. The lowest BCUT2D eigenvalue weighted by Crippen LogP contribution is -2.48. The molecule has 0 bridgehead atoms. The van der Waals surface area contributed by atoms with E-state index in [1.807, 2.05) is 30.3 Å². The summed E-state index contributed by atoms with van der Waals surface area (Å²) in [6, 6.07) is 11.9. The van der Waals surface area contributed by atoms with Crippen LogP contribution in [0.25, 0.3) is 10.8 Å². The van der Waals surface area contributed by atoms with Gasteiger partial charge in [-0.15, -0.1) is 0 Å². The van der Waals surface area contributed by atoms with Gasteiger partial charge in [-0.2, -0.15) is 0 Å². The Hall–Kier alpha value is -2.57. The van der Waals surface area contributed by atoms with Crippen LogP contribution in [-0.4, -0.2) is 32.8 Å². The van der Waals surface area contributed by atoms with Crippen LogP contribution in [0.2, 0.25) is 5.15 Å². The van der Waals surface area contributed by atoms with Gasteiger partial charge in [0, 0.05) is 23.3 Å². The third-order valence-electron chi connectivity index (χ3n) is 5.58. The van der Waals surface area contributed by atoms with E-state index in [0.717, 1.165) is 5.39 Å². The Morgan fingerprint density at radius 2 is 1.90 bits per heavy atom. The number of amides is 1. The van der Waals surface area contributed by atoms with E-state index < -0.39 is 23.7 Å². The SMILES string of the molecule is O=C(NC(c1cccnc1Cl)[C@]1(O)CC[C@H](F)CC1)c1nccc2ccccc12. The number of aromatic nitrogens is 2. The summed E-state index contributed by atoms with van der Waals surface area (Å²) < 4.78 is 13.7. The molecule has 1 fully saturated rings. The van der Waals surface area contributed by atoms with Gasteiger partial charge in [-0.25, -0.2) is 9.37 Å². The summed E-state index contributed by atoms with van der Waals surface area (Å²) in [7, 11) is 0. The van der Waals surface area contributed by atoms with Gasteiger partial charge >= 0.3 is 0 Å². The maximum Gasteiger partial charge on any atom is 0.271 e. The van der Waals surface area contributed by atoms with Crippen molar-refractivity contribution in [2.24, 2.45) is 0 Å². The summed E-state index contributed by atoms with van der Waals surface area (Å²) >= 11 is 6.29. The van der Waals surface area contributed by atoms with Crippen LogP contribution in [0.4, 0.5) is 4.39 Å². The van der Waals surface area contributed by atoms with E-state index in [0.29, 0.717) is 10.9 Å². The molecule has 3 aromatic rings. The summed E-state index contributed by atoms with van der Waals surface area (Å²) in [5.41, 5.74) is -0.561. The molecule has 0 spiro atoms. The average Bonchev–Trinajstić information content (AvgIpc) is 2.74. The molecule has 150 valence electrons. The largest absolute Gasteiger partial charge is 0.387 e. The quantitative estimate of drug-likeness (QED) is 0.622. The van der Waals surface area contributed by atoms with Crippen LogP contribution >= 0.6 is 11.6 Å². The number of rotatable bonds is 4. The molecular formula is C22H21ClFN3O2. The number of aliphatic hydroxyl groups is 1. The Morgan fingerprint density at radius 3 is 2.66 bits per heavy atom. The van der Waals surface area contributed by atoms with Crippen LogP contribution < -0.4 is 5.32 Å². The maximum atomic E-state index is 13.7. The van der Waals surface area contributed by atoms with E-state index >= 15 is 0 Å². The lowest BCUT2D eigenvalue weighted by Gasteiger charge is -2.40. The van der Waals surface area contributed by atoms with E-state index in [-0.39, 0.29) is 36.5 Å². The highest BCUT2D eigenvalue weighted by atomic mass is 35.5. The predicted octanol–water partition coefficient (Wildman–Crippen LogP) is 4.40. The van der Waals surface area contributed by atoms with Gasteiger partial charge in [-0.3, -0.25) is 9.78 Å². The highest BCUT2D eigenvalue weighted by molar-refractivity contribution is 6.30. The number of carbonyl (C=O) groups is 1. The summed E-state index contributed by atoms with van der Waals surface area (Å²) in [4.78, 5) is 21.5. The maximum absolute atomic E-state index is 13.7. The van der Waals surface area contributed by atoms with Crippen LogP contribution in [0.3, 0.4) is 0 Å². The van der Waals surface area contributed by atoms with Gasteiger partial charge in [0.05, 0.1) is 11.6 Å². The normalized spacial score (nSPS) is 22.9. The van der Waals surface area contributed by atoms with E-state index in [9.17, 15) is 14.3 Å². The number of pyridine rings is 2. The minimum atomic E-state index is -1.32. The Kier molecular flexibility index (Phi) is 5.48. The Balaban J connectivity index is 1.72.